The summed E-state index contributed by atoms with van der Waals surface area (Å²) in [6.45, 7) is 1.59. The number of aromatic nitrogens is 4. The zero-order valence-electron chi connectivity index (χ0n) is 17.4. The van der Waals surface area contributed by atoms with Crippen molar-refractivity contribution in [1.29, 1.82) is 0 Å². The lowest BCUT2D eigenvalue weighted by molar-refractivity contribution is -0.141. The van der Waals surface area contributed by atoms with Gasteiger partial charge in [-0.25, -0.2) is 9.50 Å². The molecular weight excluding hydrogens is 421 g/mol. The maximum absolute atomic E-state index is 13.0. The summed E-state index contributed by atoms with van der Waals surface area (Å²) in [4.78, 5) is 24.4. The van der Waals surface area contributed by atoms with Gasteiger partial charge in [-0.3, -0.25) is 9.78 Å². The molecular formula is C22H23F3N6O. The number of fused-ring (bicyclic) bond motifs is 2. The highest BCUT2D eigenvalue weighted by Crippen LogP contribution is 2.34. The molecule has 0 saturated carbocycles. The van der Waals surface area contributed by atoms with E-state index in [1.54, 1.807) is 6.07 Å². The number of pyridine rings is 2. The normalized spacial score (nSPS) is 21.4. The molecule has 2 saturated heterocycles. The van der Waals surface area contributed by atoms with Gasteiger partial charge >= 0.3 is 6.18 Å². The molecule has 0 unspecified atom stereocenters. The first-order chi connectivity index (χ1) is 15.4. The fourth-order valence-corrected chi connectivity index (χ4v) is 4.88. The molecule has 0 bridgehead atoms. The molecule has 5 rings (SSSR count). The average molecular weight is 444 g/mol. The van der Waals surface area contributed by atoms with E-state index >= 15 is 0 Å². The summed E-state index contributed by atoms with van der Waals surface area (Å²) in [6, 6.07) is 8.60. The third-order valence-electron chi connectivity index (χ3n) is 6.44. The van der Waals surface area contributed by atoms with Crippen LogP contribution in [0.4, 0.5) is 18.9 Å². The molecule has 0 radical (unpaired) electrons. The Morgan fingerprint density at radius 2 is 2.00 bits per heavy atom. The van der Waals surface area contributed by atoms with Crippen molar-refractivity contribution in [3.8, 4) is 0 Å². The van der Waals surface area contributed by atoms with E-state index in [1.165, 1.54) is 12.5 Å². The number of carbonyl (C=O) groups excluding carboxylic acids is 1. The van der Waals surface area contributed by atoms with Crippen LogP contribution in [0, 0.1) is 5.92 Å². The first kappa shape index (κ1) is 20.7. The first-order valence-electron chi connectivity index (χ1n) is 10.8. The number of aryl methyl sites for hydroxylation is 1. The Labute approximate surface area is 182 Å². The standard InChI is InChI=1S/C22H23F3N6O/c23-22(24,25)19-12-17(7-8-26-19)29-9-10-30-18(13-29)11-15(21(30)32)3-1-4-16-5-2-6-20-27-14-28-31(16)20/h2,5-8,12,14-15,18H,1,3-4,9-11,13H2/t15-,18-/m0/s1. The summed E-state index contributed by atoms with van der Waals surface area (Å²) < 4.78 is 40.9. The van der Waals surface area contributed by atoms with E-state index < -0.39 is 11.9 Å². The number of hydrogen-bond acceptors (Lipinski definition) is 5. The van der Waals surface area contributed by atoms with Gasteiger partial charge in [-0.05, 0) is 49.9 Å². The number of piperazine rings is 1. The maximum atomic E-state index is 13.0. The molecule has 0 N–H and O–H groups in total. The van der Waals surface area contributed by atoms with Crippen LogP contribution in [0.15, 0.2) is 42.9 Å². The molecule has 0 aromatic carbocycles. The molecule has 3 aromatic heterocycles. The van der Waals surface area contributed by atoms with Crippen molar-refractivity contribution in [3.63, 3.8) is 0 Å². The van der Waals surface area contributed by atoms with Crippen LogP contribution in [-0.4, -0.2) is 56.1 Å². The quantitative estimate of drug-likeness (QED) is 0.605. The highest BCUT2D eigenvalue weighted by atomic mass is 19.4. The minimum atomic E-state index is -4.47. The monoisotopic (exact) mass is 444 g/mol. The Morgan fingerprint density at radius 3 is 2.84 bits per heavy atom. The van der Waals surface area contributed by atoms with Crippen molar-refractivity contribution in [2.75, 3.05) is 24.5 Å². The summed E-state index contributed by atoms with van der Waals surface area (Å²) in [6.07, 6.45) is 1.44. The highest BCUT2D eigenvalue weighted by molar-refractivity contribution is 5.82. The minimum Gasteiger partial charge on any atom is -0.368 e. The lowest BCUT2D eigenvalue weighted by atomic mass is 9.97. The number of nitrogens with zero attached hydrogens (tertiary/aromatic N) is 6. The third kappa shape index (κ3) is 3.89. The van der Waals surface area contributed by atoms with Crippen molar-refractivity contribution in [3.05, 3.63) is 54.2 Å². The van der Waals surface area contributed by atoms with Crippen molar-refractivity contribution in [2.24, 2.45) is 5.92 Å². The predicted molar refractivity (Wildman–Crippen MR) is 111 cm³/mol. The molecule has 2 fully saturated rings. The van der Waals surface area contributed by atoms with Crippen molar-refractivity contribution in [2.45, 2.75) is 37.9 Å². The lowest BCUT2D eigenvalue weighted by Gasteiger charge is -2.38. The van der Waals surface area contributed by atoms with Crippen LogP contribution in [0.2, 0.25) is 0 Å². The van der Waals surface area contributed by atoms with Gasteiger partial charge in [0.15, 0.2) is 5.65 Å². The Bertz CT molecular complexity index is 1130. The second kappa shape index (κ2) is 8.07. The minimum absolute atomic E-state index is 0.0301. The van der Waals surface area contributed by atoms with Crippen LogP contribution in [0.1, 0.15) is 30.7 Å². The Balaban J connectivity index is 1.21. The number of carbonyl (C=O) groups is 1. The summed E-state index contributed by atoms with van der Waals surface area (Å²) in [5, 5.41) is 4.25. The van der Waals surface area contributed by atoms with Crippen LogP contribution in [0.3, 0.4) is 0 Å². The smallest absolute Gasteiger partial charge is 0.368 e. The second-order valence-electron chi connectivity index (χ2n) is 8.40. The van der Waals surface area contributed by atoms with Crippen LogP contribution in [0.25, 0.3) is 5.65 Å². The van der Waals surface area contributed by atoms with Gasteiger partial charge in [0.05, 0.1) is 6.04 Å². The van der Waals surface area contributed by atoms with E-state index in [2.05, 4.69) is 15.1 Å². The predicted octanol–water partition coefficient (Wildman–Crippen LogP) is 3.20. The van der Waals surface area contributed by atoms with Crippen molar-refractivity contribution >= 4 is 17.2 Å². The van der Waals surface area contributed by atoms with E-state index in [1.807, 2.05) is 32.5 Å². The van der Waals surface area contributed by atoms with Gasteiger partial charge < -0.3 is 9.80 Å². The van der Waals surface area contributed by atoms with Crippen LogP contribution >= 0.6 is 0 Å². The van der Waals surface area contributed by atoms with Crippen molar-refractivity contribution < 1.29 is 18.0 Å². The third-order valence-corrected chi connectivity index (χ3v) is 6.44. The number of amides is 1. The molecule has 2 atom stereocenters. The number of rotatable bonds is 5. The Kier molecular flexibility index (Phi) is 5.22. The molecule has 2 aliphatic heterocycles. The van der Waals surface area contributed by atoms with Crippen LogP contribution in [-0.2, 0) is 17.4 Å². The molecule has 3 aromatic rings. The zero-order chi connectivity index (χ0) is 22.3. The van der Waals surface area contributed by atoms with E-state index in [-0.39, 0.29) is 17.9 Å². The lowest BCUT2D eigenvalue weighted by Crippen LogP contribution is -2.51. The SMILES string of the molecule is O=C1[C@@H](CCCc2cccc3ncnn23)C[C@H]2CN(c3ccnc(C(F)(F)F)c3)CCN12. The van der Waals surface area contributed by atoms with Gasteiger partial charge in [-0.15, -0.1) is 0 Å². The van der Waals surface area contributed by atoms with Crippen LogP contribution < -0.4 is 4.90 Å². The molecule has 168 valence electrons. The fraction of sp³-hybridized carbons (Fsp3) is 0.455. The molecule has 1 amide bonds. The molecule has 0 aliphatic carbocycles. The fourth-order valence-electron chi connectivity index (χ4n) is 4.88. The zero-order valence-corrected chi connectivity index (χ0v) is 17.4. The summed E-state index contributed by atoms with van der Waals surface area (Å²) in [5.41, 5.74) is 1.48. The van der Waals surface area contributed by atoms with E-state index in [0.717, 1.165) is 43.1 Å². The molecule has 32 heavy (non-hydrogen) atoms. The molecule has 0 spiro atoms. The van der Waals surface area contributed by atoms with Gasteiger partial charge in [0.1, 0.15) is 12.0 Å². The number of alkyl halides is 3. The number of anilines is 1. The molecule has 10 heteroatoms. The van der Waals surface area contributed by atoms with Gasteiger partial charge in [0, 0.05) is 43.1 Å². The maximum Gasteiger partial charge on any atom is 0.433 e. The van der Waals surface area contributed by atoms with Crippen LogP contribution in [0.5, 0.6) is 0 Å². The molecule has 7 nitrogen and oxygen atoms in total. The summed E-state index contributed by atoms with van der Waals surface area (Å²) in [5.74, 6) is 0.123. The average Bonchev–Trinajstić information content (AvgIpc) is 3.38. The van der Waals surface area contributed by atoms with Crippen molar-refractivity contribution in [1.82, 2.24) is 24.5 Å². The largest absolute Gasteiger partial charge is 0.433 e. The Hall–Kier alpha value is -3.17. The van der Waals surface area contributed by atoms with Gasteiger partial charge in [0.25, 0.3) is 0 Å². The van der Waals surface area contributed by atoms with E-state index in [9.17, 15) is 18.0 Å². The summed E-state index contributed by atoms with van der Waals surface area (Å²) >= 11 is 0. The van der Waals surface area contributed by atoms with Gasteiger partial charge in [-0.1, -0.05) is 6.07 Å². The van der Waals surface area contributed by atoms with E-state index in [4.69, 9.17) is 0 Å². The molecule has 2 aliphatic rings. The topological polar surface area (TPSA) is 66.6 Å². The number of halogens is 3. The first-order valence-corrected chi connectivity index (χ1v) is 10.8. The second-order valence-corrected chi connectivity index (χ2v) is 8.40. The molecule has 5 heterocycles. The van der Waals surface area contributed by atoms with Gasteiger partial charge in [-0.2, -0.15) is 18.3 Å². The highest BCUT2D eigenvalue weighted by Gasteiger charge is 2.42. The van der Waals surface area contributed by atoms with Gasteiger partial charge in [0.2, 0.25) is 5.91 Å². The number of hydrogen-bond donors (Lipinski definition) is 0. The Morgan fingerprint density at radius 1 is 1.12 bits per heavy atom. The summed E-state index contributed by atoms with van der Waals surface area (Å²) in [7, 11) is 0. The van der Waals surface area contributed by atoms with E-state index in [0.29, 0.717) is 25.3 Å².